The van der Waals surface area contributed by atoms with Gasteiger partial charge in [0.15, 0.2) is 0 Å². The molecular formula is C14H14N2O3S. The van der Waals surface area contributed by atoms with Gasteiger partial charge < -0.3 is 10.4 Å². The number of thiazole rings is 1. The molecule has 0 saturated heterocycles. The van der Waals surface area contributed by atoms with E-state index in [9.17, 15) is 14.7 Å². The zero-order chi connectivity index (χ0) is 14.7. The highest BCUT2D eigenvalue weighted by Gasteiger charge is 2.21. The third kappa shape index (κ3) is 2.85. The molecule has 1 aromatic carbocycles. The van der Waals surface area contributed by atoms with E-state index in [1.165, 1.54) is 11.3 Å². The van der Waals surface area contributed by atoms with Gasteiger partial charge in [-0.3, -0.25) is 4.79 Å². The van der Waals surface area contributed by atoms with Crippen LogP contribution in [0.4, 0.5) is 0 Å². The van der Waals surface area contributed by atoms with E-state index in [2.05, 4.69) is 10.3 Å². The number of carbonyl (C=O) groups excluding carboxylic acids is 1. The number of carbonyl (C=O) groups is 2. The fourth-order valence-electron chi connectivity index (χ4n) is 1.96. The molecule has 0 saturated carbocycles. The van der Waals surface area contributed by atoms with E-state index >= 15 is 0 Å². The Morgan fingerprint density at radius 1 is 1.25 bits per heavy atom. The first-order chi connectivity index (χ1) is 9.50. The molecule has 0 unspecified atom stereocenters. The summed E-state index contributed by atoms with van der Waals surface area (Å²) in [6, 6.07) is 3.45. The number of carboxylic acids is 1. The summed E-state index contributed by atoms with van der Waals surface area (Å²) in [4.78, 5) is 27.6. The van der Waals surface area contributed by atoms with Crippen molar-refractivity contribution in [2.45, 2.75) is 20.4 Å². The van der Waals surface area contributed by atoms with Gasteiger partial charge in [0.2, 0.25) is 0 Å². The summed E-state index contributed by atoms with van der Waals surface area (Å²) in [5.74, 6) is -1.48. The third-order valence-electron chi connectivity index (χ3n) is 2.95. The molecule has 0 bridgehead atoms. The summed E-state index contributed by atoms with van der Waals surface area (Å²) in [6.45, 7) is 3.70. The van der Waals surface area contributed by atoms with Crippen LogP contribution in [0.15, 0.2) is 23.7 Å². The van der Waals surface area contributed by atoms with Gasteiger partial charge in [0.25, 0.3) is 5.91 Å². The maximum Gasteiger partial charge on any atom is 0.336 e. The Bertz CT molecular complexity index is 651. The molecule has 0 atom stereocenters. The van der Waals surface area contributed by atoms with Gasteiger partial charge in [-0.2, -0.15) is 0 Å². The topological polar surface area (TPSA) is 79.3 Å². The number of nitrogens with zero attached hydrogens (tertiary/aromatic N) is 1. The predicted molar refractivity (Wildman–Crippen MR) is 76.2 cm³/mol. The van der Waals surface area contributed by atoms with E-state index in [1.807, 2.05) is 5.38 Å². The lowest BCUT2D eigenvalue weighted by Crippen LogP contribution is -2.26. The van der Waals surface area contributed by atoms with Gasteiger partial charge in [-0.25, -0.2) is 9.78 Å². The van der Waals surface area contributed by atoms with E-state index < -0.39 is 5.97 Å². The summed E-state index contributed by atoms with van der Waals surface area (Å²) in [5, 5.41) is 14.6. The quantitative estimate of drug-likeness (QED) is 0.906. The maximum atomic E-state index is 12.2. The number of amides is 1. The lowest BCUT2D eigenvalue weighted by molar-refractivity contribution is 0.0690. The third-order valence-corrected chi connectivity index (χ3v) is 3.73. The van der Waals surface area contributed by atoms with Crippen LogP contribution < -0.4 is 5.32 Å². The van der Waals surface area contributed by atoms with Gasteiger partial charge in [0.1, 0.15) is 5.01 Å². The maximum absolute atomic E-state index is 12.2. The van der Waals surface area contributed by atoms with Crippen molar-refractivity contribution in [3.63, 3.8) is 0 Å². The van der Waals surface area contributed by atoms with E-state index in [4.69, 9.17) is 0 Å². The fraction of sp³-hybridized carbons (Fsp3) is 0.214. The summed E-state index contributed by atoms with van der Waals surface area (Å²) in [6.07, 6.45) is 1.66. The van der Waals surface area contributed by atoms with Gasteiger partial charge in [-0.1, -0.05) is 12.1 Å². The number of aromatic nitrogens is 1. The van der Waals surface area contributed by atoms with E-state index in [0.29, 0.717) is 17.7 Å². The molecule has 1 amide bonds. The average Bonchev–Trinajstić information content (AvgIpc) is 2.91. The van der Waals surface area contributed by atoms with Crippen molar-refractivity contribution >= 4 is 23.2 Å². The average molecular weight is 290 g/mol. The van der Waals surface area contributed by atoms with Crippen molar-refractivity contribution in [3.05, 3.63) is 51.0 Å². The van der Waals surface area contributed by atoms with E-state index in [1.54, 1.807) is 32.2 Å². The molecule has 0 radical (unpaired) electrons. The highest BCUT2D eigenvalue weighted by atomic mass is 32.1. The van der Waals surface area contributed by atoms with Gasteiger partial charge in [0.05, 0.1) is 17.7 Å². The molecular weight excluding hydrogens is 276 g/mol. The second kappa shape index (κ2) is 5.83. The molecule has 2 N–H and O–H groups in total. The Balaban J connectivity index is 2.29. The summed E-state index contributed by atoms with van der Waals surface area (Å²) >= 11 is 1.44. The predicted octanol–water partition coefficient (Wildman–Crippen LogP) is 2.39. The minimum absolute atomic E-state index is 0.0571. The number of nitrogens with one attached hydrogen (secondary N) is 1. The molecule has 0 fully saturated rings. The molecule has 6 heteroatoms. The van der Waals surface area contributed by atoms with Crippen LogP contribution in [0.3, 0.4) is 0 Å². The Morgan fingerprint density at radius 2 is 1.90 bits per heavy atom. The highest BCUT2D eigenvalue weighted by Crippen LogP contribution is 2.19. The van der Waals surface area contributed by atoms with Crippen molar-refractivity contribution in [2.24, 2.45) is 0 Å². The molecule has 104 valence electrons. The van der Waals surface area contributed by atoms with Crippen LogP contribution in [0, 0.1) is 13.8 Å². The Morgan fingerprint density at radius 3 is 2.45 bits per heavy atom. The molecule has 20 heavy (non-hydrogen) atoms. The molecule has 2 aromatic rings. The number of hydrogen-bond donors (Lipinski definition) is 2. The molecule has 1 aromatic heterocycles. The lowest BCUT2D eigenvalue weighted by Gasteiger charge is -2.12. The molecule has 2 rings (SSSR count). The molecule has 0 aliphatic heterocycles. The van der Waals surface area contributed by atoms with Gasteiger partial charge >= 0.3 is 5.97 Å². The van der Waals surface area contributed by atoms with Crippen LogP contribution in [0.25, 0.3) is 0 Å². The Labute approximate surface area is 120 Å². The SMILES string of the molecule is Cc1ccc(C)c(C(=O)NCc2nccs2)c1C(=O)O. The monoisotopic (exact) mass is 290 g/mol. The number of hydrogen-bond acceptors (Lipinski definition) is 4. The normalized spacial score (nSPS) is 10.3. The standard InChI is InChI=1S/C14H14N2O3S/c1-8-3-4-9(2)12(14(18)19)11(8)13(17)16-7-10-15-5-6-20-10/h3-6H,7H2,1-2H3,(H,16,17)(H,18,19). The summed E-state index contributed by atoms with van der Waals surface area (Å²) in [7, 11) is 0. The minimum Gasteiger partial charge on any atom is -0.478 e. The smallest absolute Gasteiger partial charge is 0.336 e. The van der Waals surface area contributed by atoms with Gasteiger partial charge in [-0.05, 0) is 25.0 Å². The van der Waals surface area contributed by atoms with Gasteiger partial charge in [0, 0.05) is 11.6 Å². The number of benzene rings is 1. The minimum atomic E-state index is -1.09. The van der Waals surface area contributed by atoms with Crippen LogP contribution in [0.1, 0.15) is 36.9 Å². The first kappa shape index (κ1) is 14.2. The number of aromatic carboxylic acids is 1. The molecule has 0 spiro atoms. The molecule has 5 nitrogen and oxygen atoms in total. The van der Waals surface area contributed by atoms with Crippen molar-refractivity contribution < 1.29 is 14.7 Å². The van der Waals surface area contributed by atoms with Crippen LogP contribution in [0.5, 0.6) is 0 Å². The lowest BCUT2D eigenvalue weighted by atomic mass is 9.96. The first-order valence-electron chi connectivity index (χ1n) is 6.00. The van der Waals surface area contributed by atoms with Crippen molar-refractivity contribution in [1.82, 2.24) is 10.3 Å². The number of aryl methyl sites for hydroxylation is 2. The first-order valence-corrected chi connectivity index (χ1v) is 6.88. The van der Waals surface area contributed by atoms with Crippen LogP contribution in [-0.4, -0.2) is 22.0 Å². The highest BCUT2D eigenvalue weighted by molar-refractivity contribution is 7.09. The van der Waals surface area contributed by atoms with Crippen LogP contribution in [0.2, 0.25) is 0 Å². The Hall–Kier alpha value is -2.21. The van der Waals surface area contributed by atoms with Crippen molar-refractivity contribution in [1.29, 1.82) is 0 Å². The molecule has 1 heterocycles. The zero-order valence-corrected chi connectivity index (χ0v) is 12.0. The van der Waals surface area contributed by atoms with Crippen LogP contribution in [-0.2, 0) is 6.54 Å². The second-order valence-electron chi connectivity index (χ2n) is 4.36. The Kier molecular flexibility index (Phi) is 4.14. The van der Waals surface area contributed by atoms with Crippen molar-refractivity contribution in [2.75, 3.05) is 0 Å². The number of carboxylic acid groups (broad SMARTS) is 1. The fourth-order valence-corrected chi connectivity index (χ4v) is 2.52. The van der Waals surface area contributed by atoms with Crippen LogP contribution >= 0.6 is 11.3 Å². The molecule has 0 aliphatic carbocycles. The molecule has 0 aliphatic rings. The van der Waals surface area contributed by atoms with Crippen molar-refractivity contribution in [3.8, 4) is 0 Å². The number of rotatable bonds is 4. The summed E-state index contributed by atoms with van der Waals surface area (Å²) < 4.78 is 0. The van der Waals surface area contributed by atoms with Gasteiger partial charge in [-0.15, -0.1) is 11.3 Å². The van der Waals surface area contributed by atoms with E-state index in [0.717, 1.165) is 5.01 Å². The zero-order valence-electron chi connectivity index (χ0n) is 11.1. The van der Waals surface area contributed by atoms with E-state index in [-0.39, 0.29) is 17.0 Å². The second-order valence-corrected chi connectivity index (χ2v) is 5.34. The summed E-state index contributed by atoms with van der Waals surface area (Å²) in [5.41, 5.74) is 1.49. The largest absolute Gasteiger partial charge is 0.478 e.